The highest BCUT2D eigenvalue weighted by atomic mass is 35.5. The molecule has 0 aliphatic carbocycles. The van der Waals surface area contributed by atoms with E-state index in [-0.39, 0.29) is 16.5 Å². The third-order valence-corrected chi connectivity index (χ3v) is 5.68. The van der Waals surface area contributed by atoms with Gasteiger partial charge in [0.2, 0.25) is 15.9 Å². The van der Waals surface area contributed by atoms with Crippen LogP contribution < -0.4 is 0 Å². The zero-order chi connectivity index (χ0) is 18.9. The van der Waals surface area contributed by atoms with Gasteiger partial charge in [0.05, 0.1) is 4.90 Å². The second kappa shape index (κ2) is 7.03. The quantitative estimate of drug-likeness (QED) is 0.594. The fourth-order valence-electron chi connectivity index (χ4n) is 2.29. The lowest BCUT2D eigenvalue weighted by Gasteiger charge is -2.11. The summed E-state index contributed by atoms with van der Waals surface area (Å²) in [6.45, 7) is 0. The molecule has 0 saturated heterocycles. The summed E-state index contributed by atoms with van der Waals surface area (Å²) in [7, 11) is -0.710. The minimum Gasteiger partial charge on any atom is -0.402 e. The first-order chi connectivity index (χ1) is 12.3. The normalized spacial score (nSPS) is 16.1. The van der Waals surface area contributed by atoms with Crippen molar-refractivity contribution in [1.29, 1.82) is 0 Å². The third kappa shape index (κ3) is 3.70. The number of cyclic esters (lactones) is 1. The molecule has 3 rings (SSSR count). The first-order valence-electron chi connectivity index (χ1n) is 7.58. The van der Waals surface area contributed by atoms with E-state index in [9.17, 15) is 13.2 Å². The Morgan fingerprint density at radius 3 is 2.54 bits per heavy atom. The van der Waals surface area contributed by atoms with Gasteiger partial charge >= 0.3 is 5.97 Å². The number of carbonyl (C=O) groups excluding carboxylic acids is 1. The van der Waals surface area contributed by atoms with E-state index in [0.717, 1.165) is 4.31 Å². The summed E-state index contributed by atoms with van der Waals surface area (Å²) in [6, 6.07) is 13.0. The summed E-state index contributed by atoms with van der Waals surface area (Å²) in [4.78, 5) is 16.3. The first kappa shape index (κ1) is 18.3. The molecule has 0 bridgehead atoms. The highest BCUT2D eigenvalue weighted by Crippen LogP contribution is 2.22. The molecule has 2 aromatic rings. The Kier molecular flexibility index (Phi) is 4.95. The van der Waals surface area contributed by atoms with Crippen molar-refractivity contribution in [2.24, 2.45) is 4.99 Å². The van der Waals surface area contributed by atoms with Crippen molar-refractivity contribution in [3.8, 4) is 0 Å². The molecule has 134 valence electrons. The maximum Gasteiger partial charge on any atom is 0.363 e. The molecule has 0 unspecified atom stereocenters. The summed E-state index contributed by atoms with van der Waals surface area (Å²) < 4.78 is 30.8. The monoisotopic (exact) mass is 390 g/mol. The maximum atomic E-state index is 12.3. The van der Waals surface area contributed by atoms with Crippen molar-refractivity contribution in [1.82, 2.24) is 4.31 Å². The summed E-state index contributed by atoms with van der Waals surface area (Å²) in [5, 5.41) is 0.538. The minimum atomic E-state index is -3.60. The minimum absolute atomic E-state index is 0.0547. The van der Waals surface area contributed by atoms with Gasteiger partial charge in [-0.1, -0.05) is 29.8 Å². The molecule has 2 aromatic carbocycles. The van der Waals surface area contributed by atoms with Crippen molar-refractivity contribution in [3.05, 3.63) is 70.4 Å². The Labute approximate surface area is 156 Å². The van der Waals surface area contributed by atoms with Gasteiger partial charge in [0.1, 0.15) is 0 Å². The van der Waals surface area contributed by atoms with Crippen molar-refractivity contribution < 1.29 is 17.9 Å². The fraction of sp³-hybridized carbons (Fsp3) is 0.111. The van der Waals surface area contributed by atoms with E-state index in [1.807, 2.05) is 0 Å². The van der Waals surface area contributed by atoms with Gasteiger partial charge in [-0.05, 0) is 42.0 Å². The number of hydrogen-bond acceptors (Lipinski definition) is 5. The molecule has 0 atom stereocenters. The molecule has 0 amide bonds. The fourth-order valence-corrected chi connectivity index (χ4v) is 3.43. The predicted octanol–water partition coefficient (Wildman–Crippen LogP) is 2.93. The van der Waals surface area contributed by atoms with E-state index in [2.05, 4.69) is 4.99 Å². The van der Waals surface area contributed by atoms with Gasteiger partial charge in [-0.25, -0.2) is 22.5 Å². The van der Waals surface area contributed by atoms with Crippen LogP contribution in [0.15, 0.2) is 64.1 Å². The van der Waals surface area contributed by atoms with E-state index in [0.29, 0.717) is 16.1 Å². The van der Waals surface area contributed by atoms with E-state index >= 15 is 0 Å². The van der Waals surface area contributed by atoms with Gasteiger partial charge in [-0.3, -0.25) is 0 Å². The zero-order valence-corrected chi connectivity index (χ0v) is 15.6. The molecule has 26 heavy (non-hydrogen) atoms. The maximum absolute atomic E-state index is 12.3. The second-order valence-electron chi connectivity index (χ2n) is 5.71. The predicted molar refractivity (Wildman–Crippen MR) is 99.4 cm³/mol. The largest absolute Gasteiger partial charge is 0.402 e. The van der Waals surface area contributed by atoms with Gasteiger partial charge in [0.25, 0.3) is 0 Å². The summed E-state index contributed by atoms with van der Waals surface area (Å²) >= 11 is 5.93. The third-order valence-electron chi connectivity index (χ3n) is 3.63. The van der Waals surface area contributed by atoms with E-state index in [4.69, 9.17) is 16.3 Å². The number of sulfonamides is 1. The van der Waals surface area contributed by atoms with Gasteiger partial charge in [-0.15, -0.1) is 0 Å². The number of halogens is 1. The molecule has 0 spiro atoms. The molecule has 1 aliphatic rings. The molecular formula is C18H15ClN2O4S. The number of aliphatic imine (C=N–C) groups is 1. The van der Waals surface area contributed by atoms with Crippen LogP contribution in [0.3, 0.4) is 0 Å². The van der Waals surface area contributed by atoms with Crippen molar-refractivity contribution in [2.75, 3.05) is 14.1 Å². The van der Waals surface area contributed by atoms with Crippen LogP contribution >= 0.6 is 11.6 Å². The molecule has 0 N–H and O–H groups in total. The highest BCUT2D eigenvalue weighted by Gasteiger charge is 2.26. The Morgan fingerprint density at radius 1 is 1.12 bits per heavy atom. The average Bonchev–Trinajstić information content (AvgIpc) is 2.96. The van der Waals surface area contributed by atoms with Crippen LogP contribution in [0.1, 0.15) is 11.1 Å². The number of nitrogens with zero attached hydrogens (tertiary/aromatic N) is 2. The smallest absolute Gasteiger partial charge is 0.363 e. The van der Waals surface area contributed by atoms with Crippen LogP contribution in [0.4, 0.5) is 0 Å². The number of esters is 1. The lowest BCUT2D eigenvalue weighted by atomic mass is 10.2. The van der Waals surface area contributed by atoms with Gasteiger partial charge in [0, 0.05) is 24.7 Å². The number of ether oxygens (including phenoxy) is 1. The standard InChI is InChI=1S/C18H15ClN2O4S/c1-21(2)26(23,24)15-8-4-6-13(11-15)17-20-16(18(22)25-17)10-12-5-3-7-14(19)9-12/h3-11H,1-2H3/b16-10-. The molecule has 8 heteroatoms. The molecule has 0 fully saturated rings. The number of rotatable bonds is 4. The van der Waals surface area contributed by atoms with Crippen molar-refractivity contribution in [2.45, 2.75) is 4.90 Å². The summed E-state index contributed by atoms with van der Waals surface area (Å²) in [5.41, 5.74) is 1.22. The Balaban J connectivity index is 1.97. The lowest BCUT2D eigenvalue weighted by molar-refractivity contribution is -0.129. The number of carbonyl (C=O) groups is 1. The van der Waals surface area contributed by atoms with Gasteiger partial charge in [0.15, 0.2) is 5.70 Å². The van der Waals surface area contributed by atoms with Crippen LogP contribution in [-0.2, 0) is 19.6 Å². The number of benzene rings is 2. The van der Waals surface area contributed by atoms with Crippen LogP contribution in [0, 0.1) is 0 Å². The molecular weight excluding hydrogens is 376 g/mol. The topological polar surface area (TPSA) is 76.0 Å². The lowest BCUT2D eigenvalue weighted by Crippen LogP contribution is -2.22. The van der Waals surface area contributed by atoms with Gasteiger partial charge < -0.3 is 4.74 Å². The first-order valence-corrected chi connectivity index (χ1v) is 9.40. The second-order valence-corrected chi connectivity index (χ2v) is 8.29. The Bertz CT molecular complexity index is 1040. The Morgan fingerprint density at radius 2 is 1.85 bits per heavy atom. The molecule has 1 aliphatic heterocycles. The zero-order valence-electron chi connectivity index (χ0n) is 14.0. The highest BCUT2D eigenvalue weighted by molar-refractivity contribution is 7.89. The summed E-state index contributed by atoms with van der Waals surface area (Å²) in [6.07, 6.45) is 1.56. The Hall–Kier alpha value is -2.48. The van der Waals surface area contributed by atoms with E-state index in [1.165, 1.54) is 26.2 Å². The molecule has 0 radical (unpaired) electrons. The number of hydrogen-bond donors (Lipinski definition) is 0. The molecule has 1 heterocycles. The average molecular weight is 391 g/mol. The van der Waals surface area contributed by atoms with Crippen molar-refractivity contribution >= 4 is 39.6 Å². The molecule has 0 aromatic heterocycles. The van der Waals surface area contributed by atoms with Crippen molar-refractivity contribution in [3.63, 3.8) is 0 Å². The van der Waals surface area contributed by atoms with E-state index in [1.54, 1.807) is 42.5 Å². The molecule has 0 saturated carbocycles. The molecule has 6 nitrogen and oxygen atoms in total. The van der Waals surface area contributed by atoms with Crippen LogP contribution in [0.25, 0.3) is 6.08 Å². The van der Waals surface area contributed by atoms with Crippen LogP contribution in [0.5, 0.6) is 0 Å². The SMILES string of the molecule is CN(C)S(=O)(=O)c1cccc(C2=N/C(=C\c3cccc(Cl)c3)C(=O)O2)c1. The van der Waals surface area contributed by atoms with Crippen LogP contribution in [-0.4, -0.2) is 38.7 Å². The van der Waals surface area contributed by atoms with E-state index < -0.39 is 16.0 Å². The van der Waals surface area contributed by atoms with Crippen LogP contribution in [0.2, 0.25) is 5.02 Å². The summed E-state index contributed by atoms with van der Waals surface area (Å²) in [5.74, 6) is -0.556. The van der Waals surface area contributed by atoms with Gasteiger partial charge in [-0.2, -0.15) is 0 Å².